The second kappa shape index (κ2) is 6.03. The Kier molecular flexibility index (Phi) is 4.94. The summed E-state index contributed by atoms with van der Waals surface area (Å²) in [6, 6.07) is 3.94. The van der Waals surface area contributed by atoms with Crippen LogP contribution in [0.4, 0.5) is 5.69 Å². The van der Waals surface area contributed by atoms with Gasteiger partial charge >= 0.3 is 0 Å². The van der Waals surface area contributed by atoms with E-state index in [0.29, 0.717) is 6.54 Å². The quantitative estimate of drug-likeness (QED) is 0.681. The van der Waals surface area contributed by atoms with Crippen molar-refractivity contribution in [1.29, 1.82) is 0 Å². The summed E-state index contributed by atoms with van der Waals surface area (Å²) in [6.45, 7) is 1.86. The molecule has 0 aliphatic carbocycles. The molecule has 0 saturated heterocycles. The summed E-state index contributed by atoms with van der Waals surface area (Å²) in [4.78, 5) is 11.1. The van der Waals surface area contributed by atoms with Crippen LogP contribution in [0, 0.1) is 0 Å². The minimum atomic E-state index is -3.76. The van der Waals surface area contributed by atoms with Gasteiger partial charge in [0.25, 0.3) is 0 Å². The molecule has 0 bridgehead atoms. The highest BCUT2D eigenvalue weighted by Crippen LogP contribution is 2.21. The van der Waals surface area contributed by atoms with Gasteiger partial charge in [0.15, 0.2) is 0 Å². The number of amides is 1. The topological polar surface area (TPSA) is 101 Å². The van der Waals surface area contributed by atoms with Crippen molar-refractivity contribution in [3.05, 3.63) is 23.2 Å². The van der Waals surface area contributed by atoms with Crippen LogP contribution >= 0.6 is 11.6 Å². The van der Waals surface area contributed by atoms with E-state index >= 15 is 0 Å². The monoisotopic (exact) mass is 291 g/mol. The van der Waals surface area contributed by atoms with Gasteiger partial charge in [0.2, 0.25) is 15.9 Å². The summed E-state index contributed by atoms with van der Waals surface area (Å²) in [5.74, 6) is -0.400. The molecule has 1 aromatic rings. The molecule has 1 aromatic carbocycles. The minimum absolute atomic E-state index is 0.0336. The summed E-state index contributed by atoms with van der Waals surface area (Å²) in [7, 11) is -3.76. The molecule has 0 fully saturated rings. The van der Waals surface area contributed by atoms with Crippen molar-refractivity contribution >= 4 is 33.2 Å². The van der Waals surface area contributed by atoms with E-state index in [4.69, 9.17) is 17.3 Å². The van der Waals surface area contributed by atoms with Gasteiger partial charge in [0.1, 0.15) is 0 Å². The summed E-state index contributed by atoms with van der Waals surface area (Å²) >= 11 is 5.70. The maximum Gasteiger partial charge on any atom is 0.241 e. The van der Waals surface area contributed by atoms with E-state index in [1.165, 1.54) is 18.2 Å². The number of sulfonamides is 1. The fourth-order valence-electron chi connectivity index (χ4n) is 1.19. The SMILES string of the molecule is CCNC(=O)CNS(=O)(=O)c1ccc(Cl)c(N)c1. The number of nitrogen functional groups attached to an aromatic ring is 1. The Labute approximate surface area is 111 Å². The number of hydrogen-bond donors (Lipinski definition) is 3. The molecular formula is C10H14ClN3O3S. The highest BCUT2D eigenvalue weighted by molar-refractivity contribution is 7.89. The third-order valence-corrected chi connectivity index (χ3v) is 3.82. The number of nitrogens with two attached hydrogens (primary N) is 1. The van der Waals surface area contributed by atoms with Gasteiger partial charge in [-0.3, -0.25) is 4.79 Å². The van der Waals surface area contributed by atoms with E-state index in [0.717, 1.165) is 0 Å². The molecule has 100 valence electrons. The lowest BCUT2D eigenvalue weighted by Gasteiger charge is -2.07. The van der Waals surface area contributed by atoms with Gasteiger partial charge in [0, 0.05) is 6.54 Å². The van der Waals surface area contributed by atoms with Crippen LogP contribution in [-0.4, -0.2) is 27.4 Å². The highest BCUT2D eigenvalue weighted by atomic mass is 35.5. The van der Waals surface area contributed by atoms with Gasteiger partial charge in [-0.1, -0.05) is 11.6 Å². The first-order chi connectivity index (χ1) is 8.36. The predicted octanol–water partition coefficient (Wildman–Crippen LogP) is 0.337. The molecule has 4 N–H and O–H groups in total. The zero-order valence-electron chi connectivity index (χ0n) is 9.73. The van der Waals surface area contributed by atoms with Crippen LogP contribution in [0.1, 0.15) is 6.92 Å². The molecule has 6 nitrogen and oxygen atoms in total. The number of anilines is 1. The van der Waals surface area contributed by atoms with Crippen LogP contribution in [0.5, 0.6) is 0 Å². The maximum absolute atomic E-state index is 11.8. The number of carbonyl (C=O) groups is 1. The molecule has 0 spiro atoms. The first-order valence-corrected chi connectivity index (χ1v) is 7.04. The third kappa shape index (κ3) is 3.86. The van der Waals surface area contributed by atoms with Gasteiger partial charge in [-0.25, -0.2) is 13.1 Å². The Morgan fingerprint density at radius 2 is 2.11 bits per heavy atom. The number of likely N-dealkylation sites (N-methyl/N-ethyl adjacent to an activating group) is 1. The fraction of sp³-hybridized carbons (Fsp3) is 0.300. The molecule has 8 heteroatoms. The Morgan fingerprint density at radius 1 is 1.44 bits per heavy atom. The Bertz CT molecular complexity index is 545. The number of rotatable bonds is 5. The smallest absolute Gasteiger partial charge is 0.241 e. The molecule has 0 aromatic heterocycles. The van der Waals surface area contributed by atoms with E-state index in [1.54, 1.807) is 6.92 Å². The number of benzene rings is 1. The number of nitrogens with one attached hydrogen (secondary N) is 2. The van der Waals surface area contributed by atoms with Crippen LogP contribution in [-0.2, 0) is 14.8 Å². The lowest BCUT2D eigenvalue weighted by Crippen LogP contribution is -2.36. The molecule has 0 radical (unpaired) electrons. The second-order valence-electron chi connectivity index (χ2n) is 3.46. The highest BCUT2D eigenvalue weighted by Gasteiger charge is 2.16. The molecule has 0 heterocycles. The normalized spacial score (nSPS) is 11.2. The molecule has 0 unspecified atom stereocenters. The van der Waals surface area contributed by atoms with Crippen LogP contribution in [0.15, 0.2) is 23.1 Å². The molecule has 1 rings (SSSR count). The van der Waals surface area contributed by atoms with E-state index in [-0.39, 0.29) is 22.2 Å². The zero-order chi connectivity index (χ0) is 13.8. The van der Waals surface area contributed by atoms with Crippen molar-refractivity contribution < 1.29 is 13.2 Å². The lowest BCUT2D eigenvalue weighted by atomic mass is 10.3. The molecule has 0 saturated carbocycles. The molecule has 1 amide bonds. The third-order valence-electron chi connectivity index (χ3n) is 2.07. The Balaban J connectivity index is 2.80. The van der Waals surface area contributed by atoms with E-state index in [9.17, 15) is 13.2 Å². The molecule has 18 heavy (non-hydrogen) atoms. The Hall–Kier alpha value is -1.31. The van der Waals surface area contributed by atoms with Gasteiger partial charge < -0.3 is 11.1 Å². The lowest BCUT2D eigenvalue weighted by molar-refractivity contribution is -0.119. The van der Waals surface area contributed by atoms with Crippen LogP contribution in [0.25, 0.3) is 0 Å². The van der Waals surface area contributed by atoms with Crippen molar-refractivity contribution in [2.45, 2.75) is 11.8 Å². The largest absolute Gasteiger partial charge is 0.397 e. The first kappa shape index (κ1) is 14.7. The second-order valence-corrected chi connectivity index (χ2v) is 5.64. The molecule has 0 aliphatic rings. The van der Waals surface area contributed by atoms with Crippen molar-refractivity contribution in [1.82, 2.24) is 10.0 Å². The molecule has 0 aliphatic heterocycles. The van der Waals surface area contributed by atoms with Crippen LogP contribution < -0.4 is 15.8 Å². The summed E-state index contributed by atoms with van der Waals surface area (Å²) in [5, 5.41) is 2.75. The summed E-state index contributed by atoms with van der Waals surface area (Å²) in [5.41, 5.74) is 5.68. The molecule has 0 atom stereocenters. The standard InChI is InChI=1S/C10H14ClN3O3S/c1-2-13-10(15)6-14-18(16,17)7-3-4-8(11)9(12)5-7/h3-5,14H,2,6,12H2,1H3,(H,13,15). The number of hydrogen-bond acceptors (Lipinski definition) is 4. The van der Waals surface area contributed by atoms with Gasteiger partial charge in [-0.05, 0) is 25.1 Å². The average molecular weight is 292 g/mol. The van der Waals surface area contributed by atoms with E-state index < -0.39 is 15.9 Å². The van der Waals surface area contributed by atoms with E-state index in [2.05, 4.69) is 10.0 Å². The first-order valence-electron chi connectivity index (χ1n) is 5.18. The fourth-order valence-corrected chi connectivity index (χ4v) is 2.33. The molecular weight excluding hydrogens is 278 g/mol. The predicted molar refractivity (Wildman–Crippen MR) is 69.7 cm³/mol. The van der Waals surface area contributed by atoms with Gasteiger partial charge in [0.05, 0.1) is 22.2 Å². The van der Waals surface area contributed by atoms with Crippen molar-refractivity contribution in [3.63, 3.8) is 0 Å². The van der Waals surface area contributed by atoms with Gasteiger partial charge in [-0.15, -0.1) is 0 Å². The van der Waals surface area contributed by atoms with Crippen LogP contribution in [0.2, 0.25) is 5.02 Å². The van der Waals surface area contributed by atoms with Crippen molar-refractivity contribution in [2.24, 2.45) is 0 Å². The van der Waals surface area contributed by atoms with E-state index in [1.807, 2.05) is 0 Å². The summed E-state index contributed by atoms with van der Waals surface area (Å²) in [6.07, 6.45) is 0. The number of halogens is 1. The van der Waals surface area contributed by atoms with Crippen LogP contribution in [0.3, 0.4) is 0 Å². The number of carbonyl (C=O) groups excluding carboxylic acids is 1. The van der Waals surface area contributed by atoms with Gasteiger partial charge in [-0.2, -0.15) is 0 Å². The average Bonchev–Trinajstić information content (AvgIpc) is 2.30. The van der Waals surface area contributed by atoms with Crippen molar-refractivity contribution in [2.75, 3.05) is 18.8 Å². The zero-order valence-corrected chi connectivity index (χ0v) is 11.3. The maximum atomic E-state index is 11.8. The summed E-state index contributed by atoms with van der Waals surface area (Å²) < 4.78 is 25.8. The minimum Gasteiger partial charge on any atom is -0.397 e. The Morgan fingerprint density at radius 3 is 2.67 bits per heavy atom. The van der Waals surface area contributed by atoms with Crippen molar-refractivity contribution in [3.8, 4) is 0 Å².